The number of hydrogen-bond acceptors (Lipinski definition) is 3. The highest BCUT2D eigenvalue weighted by molar-refractivity contribution is 5.98. The molecule has 0 bridgehead atoms. The van der Waals surface area contributed by atoms with Gasteiger partial charge in [0.05, 0.1) is 12.7 Å². The fourth-order valence-electron chi connectivity index (χ4n) is 2.57. The highest BCUT2D eigenvalue weighted by atomic mass is 16.5. The smallest absolute Gasteiger partial charge is 0.163 e. The molecule has 0 radical (unpaired) electrons. The first-order valence-electron chi connectivity index (χ1n) is 6.13. The molecule has 1 aliphatic rings. The summed E-state index contributed by atoms with van der Waals surface area (Å²) < 4.78 is 5.27. The summed E-state index contributed by atoms with van der Waals surface area (Å²) in [6.07, 6.45) is 1.26. The number of ketones is 2. The van der Waals surface area contributed by atoms with Gasteiger partial charge in [-0.1, -0.05) is 0 Å². The zero-order valence-corrected chi connectivity index (χ0v) is 11.3. The van der Waals surface area contributed by atoms with E-state index < -0.39 is 5.41 Å². The Morgan fingerprint density at radius 2 is 1.94 bits per heavy atom. The van der Waals surface area contributed by atoms with Crippen molar-refractivity contribution in [2.75, 3.05) is 7.11 Å². The number of methoxy groups -OCH3 is 1. The number of carbonyl (C=O) groups excluding carboxylic acids is 2. The van der Waals surface area contributed by atoms with Crippen molar-refractivity contribution in [1.29, 1.82) is 0 Å². The van der Waals surface area contributed by atoms with E-state index >= 15 is 0 Å². The Labute approximate surface area is 107 Å². The lowest BCUT2D eigenvalue weighted by atomic mass is 9.71. The van der Waals surface area contributed by atoms with Crippen molar-refractivity contribution in [3.63, 3.8) is 0 Å². The molecule has 3 nitrogen and oxygen atoms in total. The number of rotatable bonds is 2. The van der Waals surface area contributed by atoms with Crippen molar-refractivity contribution < 1.29 is 14.3 Å². The molecule has 2 rings (SSSR count). The summed E-state index contributed by atoms with van der Waals surface area (Å²) in [6.45, 7) is 5.39. The maximum absolute atomic E-state index is 12.0. The van der Waals surface area contributed by atoms with Gasteiger partial charge in [-0.05, 0) is 50.5 Å². The predicted molar refractivity (Wildman–Crippen MR) is 69.4 cm³/mol. The van der Waals surface area contributed by atoms with Crippen molar-refractivity contribution in [1.82, 2.24) is 0 Å². The van der Waals surface area contributed by atoms with Gasteiger partial charge in [0.25, 0.3) is 0 Å². The molecule has 1 aromatic rings. The SMILES string of the molecule is COc1cc2c(cc1C(C)=O)CCC(=O)C2(C)C. The molecule has 18 heavy (non-hydrogen) atoms. The minimum atomic E-state index is -0.490. The first kappa shape index (κ1) is 12.8. The molecule has 3 heteroatoms. The van der Waals surface area contributed by atoms with E-state index in [1.165, 1.54) is 6.92 Å². The molecule has 0 saturated heterocycles. The van der Waals surface area contributed by atoms with Crippen LogP contribution < -0.4 is 4.74 Å². The molecule has 0 amide bonds. The average molecular weight is 246 g/mol. The number of hydrogen-bond donors (Lipinski definition) is 0. The van der Waals surface area contributed by atoms with Crippen LogP contribution in [0.4, 0.5) is 0 Å². The molecule has 0 N–H and O–H groups in total. The summed E-state index contributed by atoms with van der Waals surface area (Å²) in [6, 6.07) is 3.73. The Bertz CT molecular complexity index is 527. The summed E-state index contributed by atoms with van der Waals surface area (Å²) in [4.78, 5) is 23.6. The molecule has 0 spiro atoms. The summed E-state index contributed by atoms with van der Waals surface area (Å²) >= 11 is 0. The third-order valence-corrected chi connectivity index (χ3v) is 3.80. The zero-order chi connectivity index (χ0) is 13.5. The lowest BCUT2D eigenvalue weighted by Crippen LogP contribution is -2.34. The van der Waals surface area contributed by atoms with Crippen molar-refractivity contribution in [3.05, 3.63) is 28.8 Å². The third-order valence-electron chi connectivity index (χ3n) is 3.80. The van der Waals surface area contributed by atoms with Crippen molar-refractivity contribution in [2.45, 2.75) is 39.0 Å². The fraction of sp³-hybridized carbons (Fsp3) is 0.467. The fourth-order valence-corrected chi connectivity index (χ4v) is 2.57. The third kappa shape index (κ3) is 1.84. The van der Waals surface area contributed by atoms with Crippen LogP contribution in [0.15, 0.2) is 12.1 Å². The Balaban J connectivity index is 2.66. The predicted octanol–water partition coefficient (Wildman–Crippen LogP) is 2.69. The Morgan fingerprint density at radius 1 is 1.28 bits per heavy atom. The molecule has 0 aromatic heterocycles. The van der Waals surface area contributed by atoms with Crippen molar-refractivity contribution >= 4 is 11.6 Å². The van der Waals surface area contributed by atoms with E-state index in [1.807, 2.05) is 26.0 Å². The Hall–Kier alpha value is -1.64. The summed E-state index contributed by atoms with van der Waals surface area (Å²) in [7, 11) is 1.55. The van der Waals surface area contributed by atoms with E-state index in [-0.39, 0.29) is 11.6 Å². The Kier molecular flexibility index (Phi) is 3.01. The maximum Gasteiger partial charge on any atom is 0.163 e. The van der Waals surface area contributed by atoms with E-state index in [4.69, 9.17) is 4.74 Å². The van der Waals surface area contributed by atoms with Crippen LogP contribution in [0.5, 0.6) is 5.75 Å². The van der Waals surface area contributed by atoms with Gasteiger partial charge < -0.3 is 4.74 Å². The summed E-state index contributed by atoms with van der Waals surface area (Å²) in [5.74, 6) is 0.793. The van der Waals surface area contributed by atoms with Gasteiger partial charge in [0.15, 0.2) is 5.78 Å². The first-order chi connectivity index (χ1) is 8.37. The molecule has 0 aliphatic heterocycles. The minimum absolute atomic E-state index is 0.00986. The number of Topliss-reactive ketones (excluding diaryl/α,β-unsaturated/α-hetero) is 2. The van der Waals surface area contributed by atoms with E-state index in [0.717, 1.165) is 11.1 Å². The van der Waals surface area contributed by atoms with E-state index in [9.17, 15) is 9.59 Å². The van der Waals surface area contributed by atoms with Crippen LogP contribution in [0.25, 0.3) is 0 Å². The van der Waals surface area contributed by atoms with Gasteiger partial charge in [0.2, 0.25) is 0 Å². The average Bonchev–Trinajstić information content (AvgIpc) is 2.33. The molecule has 0 atom stereocenters. The lowest BCUT2D eigenvalue weighted by Gasteiger charge is -2.31. The monoisotopic (exact) mass is 246 g/mol. The van der Waals surface area contributed by atoms with Crippen LogP contribution >= 0.6 is 0 Å². The highest BCUT2D eigenvalue weighted by Gasteiger charge is 2.36. The van der Waals surface area contributed by atoms with Gasteiger partial charge in [0.1, 0.15) is 11.5 Å². The second-order valence-electron chi connectivity index (χ2n) is 5.31. The standard InChI is InChI=1S/C15H18O3/c1-9(16)11-7-10-5-6-14(17)15(2,3)12(10)8-13(11)18-4/h7-8H,5-6H2,1-4H3. The van der Waals surface area contributed by atoms with Crippen LogP contribution in [0, 0.1) is 0 Å². The summed E-state index contributed by atoms with van der Waals surface area (Å²) in [5.41, 5.74) is 2.18. The molecule has 0 unspecified atom stereocenters. The highest BCUT2D eigenvalue weighted by Crippen LogP contribution is 2.38. The van der Waals surface area contributed by atoms with Crippen molar-refractivity contribution in [3.8, 4) is 5.75 Å². The molecule has 0 saturated carbocycles. The van der Waals surface area contributed by atoms with Crippen LogP contribution in [0.1, 0.15) is 48.7 Å². The molecular weight excluding hydrogens is 228 g/mol. The number of ether oxygens (including phenoxy) is 1. The normalized spacial score (nSPS) is 17.2. The number of fused-ring (bicyclic) bond motifs is 1. The second kappa shape index (κ2) is 4.23. The topological polar surface area (TPSA) is 43.4 Å². The molecule has 1 aliphatic carbocycles. The molecular formula is C15H18O3. The van der Waals surface area contributed by atoms with Gasteiger partial charge in [0, 0.05) is 11.8 Å². The van der Waals surface area contributed by atoms with Gasteiger partial charge in [-0.25, -0.2) is 0 Å². The molecule has 0 heterocycles. The molecule has 1 aromatic carbocycles. The van der Waals surface area contributed by atoms with Gasteiger partial charge in [-0.3, -0.25) is 9.59 Å². The van der Waals surface area contributed by atoms with Gasteiger partial charge in [-0.15, -0.1) is 0 Å². The second-order valence-corrected chi connectivity index (χ2v) is 5.31. The van der Waals surface area contributed by atoms with Gasteiger partial charge >= 0.3 is 0 Å². The number of benzene rings is 1. The lowest BCUT2D eigenvalue weighted by molar-refractivity contribution is -0.124. The van der Waals surface area contributed by atoms with E-state index in [0.29, 0.717) is 24.2 Å². The summed E-state index contributed by atoms with van der Waals surface area (Å²) in [5, 5.41) is 0. The number of carbonyl (C=O) groups is 2. The quantitative estimate of drug-likeness (QED) is 0.753. The first-order valence-corrected chi connectivity index (χ1v) is 6.13. The molecule has 96 valence electrons. The minimum Gasteiger partial charge on any atom is -0.496 e. The van der Waals surface area contributed by atoms with Crippen LogP contribution in [-0.2, 0) is 16.6 Å². The number of aryl methyl sites for hydroxylation is 1. The Morgan fingerprint density at radius 3 is 2.50 bits per heavy atom. The van der Waals surface area contributed by atoms with E-state index in [1.54, 1.807) is 7.11 Å². The van der Waals surface area contributed by atoms with Crippen LogP contribution in [0.2, 0.25) is 0 Å². The van der Waals surface area contributed by atoms with Crippen LogP contribution in [0.3, 0.4) is 0 Å². The molecule has 0 fully saturated rings. The largest absolute Gasteiger partial charge is 0.496 e. The van der Waals surface area contributed by atoms with Crippen LogP contribution in [-0.4, -0.2) is 18.7 Å². The zero-order valence-electron chi connectivity index (χ0n) is 11.3. The van der Waals surface area contributed by atoms with Crippen molar-refractivity contribution in [2.24, 2.45) is 0 Å². The maximum atomic E-state index is 12.0. The van der Waals surface area contributed by atoms with E-state index in [2.05, 4.69) is 0 Å². The van der Waals surface area contributed by atoms with Gasteiger partial charge in [-0.2, -0.15) is 0 Å².